The molecule has 1 aromatic carbocycles. The predicted octanol–water partition coefficient (Wildman–Crippen LogP) is 3.74. The number of rotatable bonds is 3. The molecular formula is C22H24N4O3. The van der Waals surface area contributed by atoms with E-state index < -0.39 is 0 Å². The maximum atomic E-state index is 12.3. The molecule has 1 aliphatic rings. The molecule has 1 atom stereocenters. The topological polar surface area (TPSA) is 76.8 Å². The van der Waals surface area contributed by atoms with E-state index in [1.54, 1.807) is 22.6 Å². The summed E-state index contributed by atoms with van der Waals surface area (Å²) in [6, 6.07) is 7.79. The molecule has 0 aliphatic carbocycles. The average molecular weight is 392 g/mol. The number of imidazole rings is 1. The van der Waals surface area contributed by atoms with Crippen molar-refractivity contribution in [1.29, 1.82) is 0 Å². The minimum atomic E-state index is -0.389. The van der Waals surface area contributed by atoms with Crippen LogP contribution in [0.5, 0.6) is 5.88 Å². The maximum Gasteiger partial charge on any atom is 0.309 e. The minimum Gasteiger partial charge on any atom is -0.407 e. The Hall–Kier alpha value is -3.22. The fourth-order valence-corrected chi connectivity index (χ4v) is 3.85. The van der Waals surface area contributed by atoms with Crippen molar-refractivity contribution in [1.82, 2.24) is 14.4 Å². The Bertz CT molecular complexity index is 1120. The van der Waals surface area contributed by atoms with E-state index in [9.17, 15) is 9.59 Å². The van der Waals surface area contributed by atoms with Gasteiger partial charge in [0.2, 0.25) is 11.8 Å². The van der Waals surface area contributed by atoms with Crippen LogP contribution in [0.1, 0.15) is 51.3 Å². The zero-order chi connectivity index (χ0) is 20.7. The molecule has 1 aliphatic heterocycles. The fraction of sp³-hybridized carbons (Fsp3) is 0.364. The molecule has 0 bridgehead atoms. The number of anilines is 1. The van der Waals surface area contributed by atoms with Crippen LogP contribution < -0.4 is 9.64 Å². The summed E-state index contributed by atoms with van der Waals surface area (Å²) in [5.41, 5.74) is 4.99. The molecule has 0 fully saturated rings. The van der Waals surface area contributed by atoms with E-state index in [-0.39, 0.29) is 17.8 Å². The summed E-state index contributed by atoms with van der Waals surface area (Å²) in [7, 11) is 0. The Morgan fingerprint density at radius 2 is 2.00 bits per heavy atom. The Labute approximate surface area is 169 Å². The number of benzene rings is 1. The monoisotopic (exact) mass is 392 g/mol. The van der Waals surface area contributed by atoms with E-state index in [4.69, 9.17) is 14.7 Å². The summed E-state index contributed by atoms with van der Waals surface area (Å²) < 4.78 is 7.29. The van der Waals surface area contributed by atoms with Crippen LogP contribution in [0.4, 0.5) is 5.69 Å². The molecule has 29 heavy (non-hydrogen) atoms. The number of hydrogen-bond donors (Lipinski definition) is 0. The lowest BCUT2D eigenvalue weighted by molar-refractivity contribution is -0.132. The van der Waals surface area contributed by atoms with Crippen molar-refractivity contribution in [2.24, 2.45) is 0 Å². The van der Waals surface area contributed by atoms with Crippen LogP contribution in [-0.2, 0) is 16.0 Å². The molecule has 0 saturated carbocycles. The Balaban J connectivity index is 1.99. The fourth-order valence-electron chi connectivity index (χ4n) is 3.85. The van der Waals surface area contributed by atoms with Crippen molar-refractivity contribution in [3.05, 3.63) is 41.9 Å². The molecule has 3 aromatic rings. The van der Waals surface area contributed by atoms with Crippen LogP contribution in [-0.4, -0.2) is 32.8 Å². The van der Waals surface area contributed by atoms with Gasteiger partial charge in [-0.25, -0.2) is 9.97 Å². The minimum absolute atomic E-state index is 0.00878. The Morgan fingerprint density at radius 1 is 1.24 bits per heavy atom. The standard InChI is InChI=1S/C22H24N4O3/c1-5-13(2)19-22(29-15(4)28)26-12-23-20-16-8-6-7-9-18(16)25(14(3)27)11-10-17(20)21(26)24-19/h6-9,12-13H,5,10-11H2,1-4H3. The molecule has 1 unspecified atom stereocenters. The molecule has 0 saturated heterocycles. The van der Waals surface area contributed by atoms with E-state index >= 15 is 0 Å². The number of ether oxygens (including phenoxy) is 1. The van der Waals surface area contributed by atoms with Crippen LogP contribution in [0.3, 0.4) is 0 Å². The van der Waals surface area contributed by atoms with Crippen LogP contribution in [0.15, 0.2) is 30.6 Å². The molecule has 7 heteroatoms. The third kappa shape index (κ3) is 3.16. The molecule has 0 spiro atoms. The number of aromatic nitrogens is 3. The number of carbonyl (C=O) groups excluding carboxylic acids is 2. The van der Waals surface area contributed by atoms with Gasteiger partial charge in [-0.1, -0.05) is 32.0 Å². The van der Waals surface area contributed by atoms with Crippen LogP contribution in [0.25, 0.3) is 16.9 Å². The van der Waals surface area contributed by atoms with Gasteiger partial charge in [-0.15, -0.1) is 0 Å². The predicted molar refractivity (Wildman–Crippen MR) is 110 cm³/mol. The van der Waals surface area contributed by atoms with Crippen molar-refractivity contribution in [3.8, 4) is 17.1 Å². The van der Waals surface area contributed by atoms with E-state index in [2.05, 4.69) is 13.8 Å². The van der Waals surface area contributed by atoms with Crippen molar-refractivity contribution in [3.63, 3.8) is 0 Å². The number of amides is 1. The van der Waals surface area contributed by atoms with Crippen molar-refractivity contribution in [2.75, 3.05) is 11.4 Å². The second-order valence-electron chi connectivity index (χ2n) is 7.41. The highest BCUT2D eigenvalue weighted by atomic mass is 16.5. The molecule has 150 valence electrons. The summed E-state index contributed by atoms with van der Waals surface area (Å²) in [5.74, 6) is 0.162. The van der Waals surface area contributed by atoms with Gasteiger partial charge >= 0.3 is 5.97 Å². The van der Waals surface area contributed by atoms with Gasteiger partial charge in [-0.3, -0.25) is 14.0 Å². The molecule has 7 nitrogen and oxygen atoms in total. The van der Waals surface area contributed by atoms with Gasteiger partial charge in [-0.2, -0.15) is 0 Å². The summed E-state index contributed by atoms with van der Waals surface area (Å²) >= 11 is 0. The third-order valence-corrected chi connectivity index (χ3v) is 5.49. The first kappa shape index (κ1) is 19.1. The molecular weight excluding hydrogens is 368 g/mol. The molecule has 4 rings (SSSR count). The van der Waals surface area contributed by atoms with Gasteiger partial charge in [0.15, 0.2) is 0 Å². The van der Waals surface area contributed by atoms with Crippen LogP contribution in [0, 0.1) is 0 Å². The number of nitrogens with zero attached hydrogens (tertiary/aromatic N) is 4. The highest BCUT2D eigenvalue weighted by Gasteiger charge is 2.28. The van der Waals surface area contributed by atoms with Gasteiger partial charge in [0, 0.05) is 37.4 Å². The summed E-state index contributed by atoms with van der Waals surface area (Å²) in [6.07, 6.45) is 3.14. The van der Waals surface area contributed by atoms with Crippen molar-refractivity contribution >= 4 is 23.2 Å². The van der Waals surface area contributed by atoms with Crippen LogP contribution >= 0.6 is 0 Å². The van der Waals surface area contributed by atoms with Gasteiger partial charge in [-0.05, 0) is 18.9 Å². The molecule has 2 aromatic heterocycles. The number of hydrogen-bond acceptors (Lipinski definition) is 5. The van der Waals surface area contributed by atoms with Gasteiger partial charge < -0.3 is 9.64 Å². The SMILES string of the molecule is CCC(C)c1nc2c3c(ncn2c1OC(C)=O)-c1ccccc1N(C(C)=O)CC3. The van der Waals surface area contributed by atoms with E-state index in [1.165, 1.54) is 6.92 Å². The highest BCUT2D eigenvalue weighted by molar-refractivity contribution is 5.97. The second kappa shape index (κ2) is 7.31. The first-order valence-corrected chi connectivity index (χ1v) is 9.88. The second-order valence-corrected chi connectivity index (χ2v) is 7.41. The van der Waals surface area contributed by atoms with Gasteiger partial charge in [0.1, 0.15) is 17.7 Å². The number of fused-ring (bicyclic) bond motifs is 5. The molecule has 1 amide bonds. The lowest BCUT2D eigenvalue weighted by atomic mass is 10.0. The van der Waals surface area contributed by atoms with Crippen molar-refractivity contribution in [2.45, 2.75) is 46.5 Å². The lowest BCUT2D eigenvalue weighted by Crippen LogP contribution is -2.30. The van der Waals surface area contributed by atoms with Crippen LogP contribution in [0.2, 0.25) is 0 Å². The summed E-state index contributed by atoms with van der Waals surface area (Å²) in [4.78, 5) is 35.3. The zero-order valence-corrected chi connectivity index (χ0v) is 17.1. The first-order valence-electron chi connectivity index (χ1n) is 9.88. The number of esters is 1. The normalized spacial score (nSPS) is 14.1. The summed E-state index contributed by atoms with van der Waals surface area (Å²) in [5, 5.41) is 0. The average Bonchev–Trinajstić information content (AvgIpc) is 2.96. The number of para-hydroxylation sites is 1. The lowest BCUT2D eigenvalue weighted by Gasteiger charge is -2.20. The molecule has 3 heterocycles. The summed E-state index contributed by atoms with van der Waals surface area (Å²) in [6.45, 7) is 7.64. The van der Waals surface area contributed by atoms with E-state index in [0.29, 0.717) is 18.8 Å². The maximum absolute atomic E-state index is 12.3. The quantitative estimate of drug-likeness (QED) is 0.635. The third-order valence-electron chi connectivity index (χ3n) is 5.49. The first-order chi connectivity index (χ1) is 13.9. The molecule has 0 N–H and O–H groups in total. The number of carbonyl (C=O) groups is 2. The Kier molecular flexibility index (Phi) is 4.82. The Morgan fingerprint density at radius 3 is 2.69 bits per heavy atom. The van der Waals surface area contributed by atoms with E-state index in [1.807, 2.05) is 24.3 Å². The largest absolute Gasteiger partial charge is 0.407 e. The zero-order valence-electron chi connectivity index (χ0n) is 17.1. The van der Waals surface area contributed by atoms with E-state index in [0.717, 1.165) is 40.3 Å². The van der Waals surface area contributed by atoms with Gasteiger partial charge in [0.05, 0.1) is 11.4 Å². The van der Waals surface area contributed by atoms with Crippen molar-refractivity contribution < 1.29 is 14.3 Å². The molecule has 0 radical (unpaired) electrons. The smallest absolute Gasteiger partial charge is 0.309 e. The highest BCUT2D eigenvalue weighted by Crippen LogP contribution is 2.38. The van der Waals surface area contributed by atoms with Gasteiger partial charge in [0.25, 0.3) is 0 Å².